The Morgan fingerprint density at radius 1 is 1.69 bits per heavy atom. The molecule has 0 bridgehead atoms. The second kappa shape index (κ2) is 3.22. The van der Waals surface area contributed by atoms with E-state index in [1.807, 2.05) is 0 Å². The van der Waals surface area contributed by atoms with E-state index in [0.717, 1.165) is 0 Å². The average molecular weight is 184 g/mol. The van der Waals surface area contributed by atoms with Gasteiger partial charge in [0.05, 0.1) is 0 Å². The van der Waals surface area contributed by atoms with E-state index in [1.54, 1.807) is 6.92 Å². The van der Waals surface area contributed by atoms with Gasteiger partial charge in [-0.3, -0.25) is 4.79 Å². The van der Waals surface area contributed by atoms with Crippen molar-refractivity contribution in [3.63, 3.8) is 0 Å². The molecule has 72 valence electrons. The number of aliphatic hydroxyl groups is 2. The zero-order valence-corrected chi connectivity index (χ0v) is 7.27. The number of carboxylic acid groups (broad SMARTS) is 1. The van der Waals surface area contributed by atoms with Crippen LogP contribution in [-0.2, 0) is 4.79 Å². The van der Waals surface area contributed by atoms with Gasteiger partial charge in [-0.1, -0.05) is 13.0 Å². The van der Waals surface area contributed by atoms with Crippen LogP contribution in [0.15, 0.2) is 24.0 Å². The fourth-order valence-electron chi connectivity index (χ4n) is 1.37. The molecule has 0 heterocycles. The lowest BCUT2D eigenvalue weighted by molar-refractivity contribution is -0.146. The van der Waals surface area contributed by atoms with Gasteiger partial charge in [0, 0.05) is 0 Å². The molecule has 0 aromatic rings. The Kier molecular flexibility index (Phi) is 2.43. The summed E-state index contributed by atoms with van der Waals surface area (Å²) in [6, 6.07) is 0. The summed E-state index contributed by atoms with van der Waals surface area (Å²) in [6.07, 6.45) is 3.99. The Labute approximate surface area is 75.8 Å². The molecule has 1 aliphatic carbocycles. The zero-order chi connectivity index (χ0) is 10.1. The predicted molar refractivity (Wildman–Crippen MR) is 46.2 cm³/mol. The van der Waals surface area contributed by atoms with Crippen molar-refractivity contribution in [2.24, 2.45) is 5.92 Å². The molecule has 0 spiro atoms. The van der Waals surface area contributed by atoms with Gasteiger partial charge in [-0.2, -0.15) is 0 Å². The van der Waals surface area contributed by atoms with E-state index in [-0.39, 0.29) is 12.2 Å². The number of allylic oxidation sites excluding steroid dienone is 1. The van der Waals surface area contributed by atoms with Crippen molar-refractivity contribution in [2.45, 2.75) is 18.9 Å². The van der Waals surface area contributed by atoms with Crippen LogP contribution in [0.5, 0.6) is 0 Å². The SMILES string of the molecule is CCC1(O)C=C(O)C=CC1C(=O)O. The van der Waals surface area contributed by atoms with E-state index >= 15 is 0 Å². The van der Waals surface area contributed by atoms with Gasteiger partial charge < -0.3 is 15.3 Å². The number of hydrogen-bond acceptors (Lipinski definition) is 3. The molecular formula is C9H12O4. The van der Waals surface area contributed by atoms with Crippen LogP contribution in [-0.4, -0.2) is 26.9 Å². The highest BCUT2D eigenvalue weighted by molar-refractivity contribution is 5.75. The average Bonchev–Trinajstić information content (AvgIpc) is 2.03. The molecule has 0 saturated carbocycles. The van der Waals surface area contributed by atoms with Gasteiger partial charge in [-0.15, -0.1) is 0 Å². The summed E-state index contributed by atoms with van der Waals surface area (Å²) >= 11 is 0. The first-order chi connectivity index (χ1) is 5.99. The molecule has 4 heteroatoms. The maximum absolute atomic E-state index is 10.7. The molecule has 0 fully saturated rings. The molecule has 0 saturated heterocycles. The van der Waals surface area contributed by atoms with Crippen LogP contribution >= 0.6 is 0 Å². The Hall–Kier alpha value is -1.29. The maximum Gasteiger partial charge on any atom is 0.313 e. The Balaban J connectivity index is 3.01. The largest absolute Gasteiger partial charge is 0.508 e. The van der Waals surface area contributed by atoms with E-state index in [0.29, 0.717) is 0 Å². The van der Waals surface area contributed by atoms with E-state index in [2.05, 4.69) is 0 Å². The minimum atomic E-state index is -1.47. The number of carboxylic acids is 1. The molecule has 2 unspecified atom stereocenters. The van der Waals surface area contributed by atoms with Crippen LogP contribution in [0, 0.1) is 5.92 Å². The highest BCUT2D eigenvalue weighted by atomic mass is 16.4. The van der Waals surface area contributed by atoms with Crippen molar-refractivity contribution in [3.05, 3.63) is 24.0 Å². The second-order valence-electron chi connectivity index (χ2n) is 3.09. The van der Waals surface area contributed by atoms with Crippen molar-refractivity contribution < 1.29 is 20.1 Å². The summed E-state index contributed by atoms with van der Waals surface area (Å²) < 4.78 is 0. The molecule has 3 N–H and O–H groups in total. The van der Waals surface area contributed by atoms with Gasteiger partial charge in [-0.25, -0.2) is 0 Å². The van der Waals surface area contributed by atoms with Crippen LogP contribution in [0.4, 0.5) is 0 Å². The monoisotopic (exact) mass is 184 g/mol. The van der Waals surface area contributed by atoms with Crippen LogP contribution in [0.25, 0.3) is 0 Å². The van der Waals surface area contributed by atoms with Gasteiger partial charge >= 0.3 is 5.97 Å². The van der Waals surface area contributed by atoms with Gasteiger partial charge in [-0.05, 0) is 18.6 Å². The minimum absolute atomic E-state index is 0.0955. The molecule has 0 amide bonds. The molecule has 13 heavy (non-hydrogen) atoms. The van der Waals surface area contributed by atoms with Crippen molar-refractivity contribution in [3.8, 4) is 0 Å². The summed E-state index contributed by atoms with van der Waals surface area (Å²) in [5.74, 6) is -2.17. The lowest BCUT2D eigenvalue weighted by Crippen LogP contribution is -2.40. The summed E-state index contributed by atoms with van der Waals surface area (Å²) in [5, 5.41) is 27.7. The van der Waals surface area contributed by atoms with Gasteiger partial charge in [0.15, 0.2) is 0 Å². The van der Waals surface area contributed by atoms with E-state index < -0.39 is 17.5 Å². The summed E-state index contributed by atoms with van der Waals surface area (Å²) in [7, 11) is 0. The molecule has 0 radical (unpaired) electrons. The second-order valence-corrected chi connectivity index (χ2v) is 3.09. The molecule has 2 atom stereocenters. The highest BCUT2D eigenvalue weighted by Gasteiger charge is 2.38. The van der Waals surface area contributed by atoms with Crippen LogP contribution < -0.4 is 0 Å². The van der Waals surface area contributed by atoms with Crippen molar-refractivity contribution in [2.75, 3.05) is 0 Å². The van der Waals surface area contributed by atoms with Crippen LogP contribution in [0.2, 0.25) is 0 Å². The normalized spacial score (nSPS) is 32.8. The smallest absolute Gasteiger partial charge is 0.313 e. The first kappa shape index (κ1) is 9.80. The maximum atomic E-state index is 10.7. The Morgan fingerprint density at radius 2 is 2.31 bits per heavy atom. The van der Waals surface area contributed by atoms with Gasteiger partial charge in [0.25, 0.3) is 0 Å². The van der Waals surface area contributed by atoms with Crippen molar-refractivity contribution >= 4 is 5.97 Å². The lowest BCUT2D eigenvalue weighted by atomic mass is 9.81. The third-order valence-electron chi connectivity index (χ3n) is 2.23. The standard InChI is InChI=1S/C9H12O4/c1-2-9(13)5-6(10)3-4-7(9)8(11)12/h3-5,7,10,13H,2H2,1H3,(H,11,12). The number of aliphatic carboxylic acids is 1. The molecule has 0 aromatic heterocycles. The number of rotatable bonds is 2. The summed E-state index contributed by atoms with van der Waals surface area (Å²) in [5.41, 5.74) is -1.47. The molecule has 1 rings (SSSR count). The lowest BCUT2D eigenvalue weighted by Gasteiger charge is -2.30. The number of aliphatic hydroxyl groups excluding tert-OH is 1. The fourth-order valence-corrected chi connectivity index (χ4v) is 1.37. The van der Waals surface area contributed by atoms with Gasteiger partial charge in [0.1, 0.15) is 17.3 Å². The first-order valence-electron chi connectivity index (χ1n) is 4.05. The Morgan fingerprint density at radius 3 is 2.77 bits per heavy atom. The molecule has 4 nitrogen and oxygen atoms in total. The van der Waals surface area contributed by atoms with Crippen LogP contribution in [0.1, 0.15) is 13.3 Å². The summed E-state index contributed by atoms with van der Waals surface area (Å²) in [4.78, 5) is 10.7. The van der Waals surface area contributed by atoms with Crippen molar-refractivity contribution in [1.82, 2.24) is 0 Å². The predicted octanol–water partition coefficient (Wildman–Crippen LogP) is 0.840. The zero-order valence-electron chi connectivity index (χ0n) is 7.27. The summed E-state index contributed by atoms with van der Waals surface area (Å²) in [6.45, 7) is 1.67. The first-order valence-corrected chi connectivity index (χ1v) is 4.05. The Bertz CT molecular complexity index is 279. The third kappa shape index (κ3) is 1.72. The molecule has 1 aliphatic rings. The third-order valence-corrected chi connectivity index (χ3v) is 2.23. The quantitative estimate of drug-likeness (QED) is 0.594. The van der Waals surface area contributed by atoms with Crippen molar-refractivity contribution in [1.29, 1.82) is 0 Å². The van der Waals surface area contributed by atoms with Crippen LogP contribution in [0.3, 0.4) is 0 Å². The van der Waals surface area contributed by atoms with E-state index in [1.165, 1.54) is 18.2 Å². The number of hydrogen-bond donors (Lipinski definition) is 3. The highest BCUT2D eigenvalue weighted by Crippen LogP contribution is 2.29. The number of carbonyl (C=O) groups is 1. The minimum Gasteiger partial charge on any atom is -0.508 e. The molecule has 0 aliphatic heterocycles. The van der Waals surface area contributed by atoms with E-state index in [9.17, 15) is 9.90 Å². The van der Waals surface area contributed by atoms with E-state index in [4.69, 9.17) is 10.2 Å². The topological polar surface area (TPSA) is 77.8 Å². The molecular weight excluding hydrogens is 172 g/mol. The fraction of sp³-hybridized carbons (Fsp3) is 0.444. The molecule has 0 aromatic carbocycles. The van der Waals surface area contributed by atoms with Gasteiger partial charge in [0.2, 0.25) is 0 Å².